The number of hydrazone groups is 1. The minimum absolute atomic E-state index is 0.578. The Morgan fingerprint density at radius 3 is 2.62 bits per heavy atom. The van der Waals surface area contributed by atoms with Gasteiger partial charge in [0.05, 0.1) is 17.6 Å². The Hall–Kier alpha value is -2.66. The number of aromatic nitrogens is 3. The molecule has 3 aromatic rings. The van der Waals surface area contributed by atoms with Crippen molar-refractivity contribution in [3.63, 3.8) is 0 Å². The Balaban J connectivity index is 1.67. The van der Waals surface area contributed by atoms with Gasteiger partial charge in [0.1, 0.15) is 5.82 Å². The Bertz CT molecular complexity index is 809. The summed E-state index contributed by atoms with van der Waals surface area (Å²) in [5.74, 6) is 1.55. The van der Waals surface area contributed by atoms with Crippen LogP contribution in [-0.4, -0.2) is 26.6 Å². The van der Waals surface area contributed by atoms with Crippen molar-refractivity contribution in [2.45, 2.75) is 13.5 Å². The molecule has 2 aromatic heterocycles. The van der Waals surface area contributed by atoms with Crippen LogP contribution < -0.4 is 5.43 Å². The Kier molecular flexibility index (Phi) is 5.23. The third-order valence-electron chi connectivity index (χ3n) is 3.60. The van der Waals surface area contributed by atoms with E-state index >= 15 is 0 Å². The van der Waals surface area contributed by atoms with Crippen LogP contribution in [0.5, 0.6) is 0 Å². The van der Waals surface area contributed by atoms with E-state index in [0.29, 0.717) is 5.88 Å². The first-order valence-corrected chi connectivity index (χ1v) is 8.19. The van der Waals surface area contributed by atoms with E-state index in [1.54, 1.807) is 18.6 Å². The molecule has 122 valence electrons. The number of nitrogens with one attached hydrogen (secondary N) is 1. The minimum Gasteiger partial charge on any atom is -0.333 e. The zero-order chi connectivity index (χ0) is 16.8. The molecule has 2 heterocycles. The van der Waals surface area contributed by atoms with E-state index in [4.69, 9.17) is 11.6 Å². The number of hydrogen-bond acceptors (Lipinski definition) is 4. The highest BCUT2D eigenvalue weighted by Crippen LogP contribution is 2.21. The maximum absolute atomic E-state index is 5.80. The van der Waals surface area contributed by atoms with Crippen LogP contribution in [0.15, 0.2) is 60.1 Å². The molecule has 24 heavy (non-hydrogen) atoms. The molecule has 1 N–H and O–H groups in total. The van der Waals surface area contributed by atoms with Gasteiger partial charge in [-0.2, -0.15) is 5.10 Å². The molecule has 0 aliphatic carbocycles. The van der Waals surface area contributed by atoms with Gasteiger partial charge in [-0.3, -0.25) is 10.4 Å². The summed E-state index contributed by atoms with van der Waals surface area (Å²) in [4.78, 5) is 8.55. The lowest BCUT2D eigenvalue weighted by Crippen LogP contribution is -1.99. The molecule has 0 radical (unpaired) electrons. The second-order valence-electron chi connectivity index (χ2n) is 5.28. The lowest BCUT2D eigenvalue weighted by atomic mass is 10.1. The first-order chi connectivity index (χ1) is 11.8. The smallest absolute Gasteiger partial charge is 0.106 e. The Morgan fingerprint density at radius 1 is 1.17 bits per heavy atom. The number of alkyl halides is 1. The van der Waals surface area contributed by atoms with E-state index in [-0.39, 0.29) is 0 Å². The SMILES string of the molecule is Cc1nc(-c2ccc(NN=Cc3ccncc3)cc2)cn1CCCl. The summed E-state index contributed by atoms with van der Waals surface area (Å²) in [6, 6.07) is 11.8. The summed E-state index contributed by atoms with van der Waals surface area (Å²) in [7, 11) is 0. The lowest BCUT2D eigenvalue weighted by molar-refractivity contribution is 0.735. The number of anilines is 1. The van der Waals surface area contributed by atoms with Gasteiger partial charge in [-0.1, -0.05) is 12.1 Å². The highest BCUT2D eigenvalue weighted by molar-refractivity contribution is 6.17. The molecular weight excluding hydrogens is 322 g/mol. The monoisotopic (exact) mass is 339 g/mol. The average Bonchev–Trinajstić information content (AvgIpc) is 2.98. The van der Waals surface area contributed by atoms with E-state index in [0.717, 1.165) is 34.9 Å². The molecule has 0 amide bonds. The summed E-state index contributed by atoms with van der Waals surface area (Å²) in [5, 5.41) is 4.22. The highest BCUT2D eigenvalue weighted by Gasteiger charge is 2.06. The molecule has 0 aliphatic rings. The molecule has 0 spiro atoms. The van der Waals surface area contributed by atoms with E-state index < -0.39 is 0 Å². The van der Waals surface area contributed by atoms with Crippen molar-refractivity contribution < 1.29 is 0 Å². The number of pyridine rings is 1. The van der Waals surface area contributed by atoms with Gasteiger partial charge in [0.25, 0.3) is 0 Å². The van der Waals surface area contributed by atoms with Gasteiger partial charge in [0.2, 0.25) is 0 Å². The van der Waals surface area contributed by atoms with Crippen molar-refractivity contribution in [1.82, 2.24) is 14.5 Å². The summed E-state index contributed by atoms with van der Waals surface area (Å²) >= 11 is 5.80. The second kappa shape index (κ2) is 7.75. The Labute approximate surface area is 146 Å². The number of benzene rings is 1. The zero-order valence-corrected chi connectivity index (χ0v) is 14.1. The van der Waals surface area contributed by atoms with Crippen LogP contribution in [0.4, 0.5) is 5.69 Å². The topological polar surface area (TPSA) is 55.1 Å². The molecule has 0 saturated heterocycles. The van der Waals surface area contributed by atoms with Crippen LogP contribution in [0.1, 0.15) is 11.4 Å². The van der Waals surface area contributed by atoms with Gasteiger partial charge in [0.15, 0.2) is 0 Å². The number of imidazole rings is 1. The molecule has 6 heteroatoms. The quantitative estimate of drug-likeness (QED) is 0.420. The molecule has 5 nitrogen and oxygen atoms in total. The van der Waals surface area contributed by atoms with Crippen LogP contribution in [0, 0.1) is 6.92 Å². The van der Waals surface area contributed by atoms with E-state index in [2.05, 4.69) is 25.1 Å². The van der Waals surface area contributed by atoms with Crippen molar-refractivity contribution in [2.75, 3.05) is 11.3 Å². The summed E-state index contributed by atoms with van der Waals surface area (Å²) in [5.41, 5.74) is 6.94. The van der Waals surface area contributed by atoms with Gasteiger partial charge in [-0.25, -0.2) is 4.98 Å². The van der Waals surface area contributed by atoms with E-state index in [1.807, 2.05) is 49.5 Å². The first kappa shape index (κ1) is 16.2. The van der Waals surface area contributed by atoms with Gasteiger partial charge in [0, 0.05) is 36.6 Å². The average molecular weight is 340 g/mol. The number of rotatable bonds is 6. The third-order valence-corrected chi connectivity index (χ3v) is 3.76. The molecule has 0 aliphatic heterocycles. The van der Waals surface area contributed by atoms with Crippen LogP contribution >= 0.6 is 11.6 Å². The van der Waals surface area contributed by atoms with Gasteiger partial charge in [-0.05, 0) is 36.8 Å². The number of hydrogen-bond donors (Lipinski definition) is 1. The van der Waals surface area contributed by atoms with Crippen molar-refractivity contribution >= 4 is 23.5 Å². The molecule has 0 fully saturated rings. The third kappa shape index (κ3) is 4.00. The van der Waals surface area contributed by atoms with E-state index in [1.165, 1.54) is 0 Å². The second-order valence-corrected chi connectivity index (χ2v) is 5.66. The zero-order valence-electron chi connectivity index (χ0n) is 13.4. The van der Waals surface area contributed by atoms with Crippen LogP contribution in [0.25, 0.3) is 11.3 Å². The Morgan fingerprint density at radius 2 is 1.92 bits per heavy atom. The molecular formula is C18H18ClN5. The molecule has 0 bridgehead atoms. The van der Waals surface area contributed by atoms with Crippen LogP contribution in [0.3, 0.4) is 0 Å². The normalized spacial score (nSPS) is 11.1. The number of halogens is 1. The minimum atomic E-state index is 0.578. The number of nitrogens with zero attached hydrogens (tertiary/aromatic N) is 4. The summed E-state index contributed by atoms with van der Waals surface area (Å²) in [6.07, 6.45) is 7.26. The van der Waals surface area contributed by atoms with Crippen LogP contribution in [-0.2, 0) is 6.54 Å². The van der Waals surface area contributed by atoms with Crippen molar-refractivity contribution in [2.24, 2.45) is 5.10 Å². The van der Waals surface area contributed by atoms with Crippen molar-refractivity contribution in [1.29, 1.82) is 0 Å². The fourth-order valence-electron chi connectivity index (χ4n) is 2.31. The van der Waals surface area contributed by atoms with Gasteiger partial charge in [-0.15, -0.1) is 11.6 Å². The van der Waals surface area contributed by atoms with Crippen molar-refractivity contribution in [3.05, 3.63) is 66.4 Å². The first-order valence-electron chi connectivity index (χ1n) is 7.65. The molecule has 0 atom stereocenters. The summed E-state index contributed by atoms with van der Waals surface area (Å²) in [6.45, 7) is 2.75. The molecule has 1 aromatic carbocycles. The van der Waals surface area contributed by atoms with Gasteiger partial charge >= 0.3 is 0 Å². The standard InChI is InChI=1S/C18H18ClN5/c1-14-22-18(13-24(14)11-8-19)16-2-4-17(5-3-16)23-21-12-15-6-9-20-10-7-15/h2-7,9-10,12-13,23H,8,11H2,1H3. The lowest BCUT2D eigenvalue weighted by Gasteiger charge is -2.02. The maximum Gasteiger partial charge on any atom is 0.106 e. The van der Waals surface area contributed by atoms with Gasteiger partial charge < -0.3 is 4.57 Å². The maximum atomic E-state index is 5.80. The van der Waals surface area contributed by atoms with E-state index in [9.17, 15) is 0 Å². The predicted octanol–water partition coefficient (Wildman–Crippen LogP) is 3.94. The van der Waals surface area contributed by atoms with Crippen molar-refractivity contribution in [3.8, 4) is 11.3 Å². The predicted molar refractivity (Wildman–Crippen MR) is 98.6 cm³/mol. The fraction of sp³-hybridized carbons (Fsp3) is 0.167. The number of aryl methyl sites for hydroxylation is 2. The van der Waals surface area contributed by atoms with Crippen LogP contribution in [0.2, 0.25) is 0 Å². The molecule has 0 unspecified atom stereocenters. The molecule has 0 saturated carbocycles. The fourth-order valence-corrected chi connectivity index (χ4v) is 2.49. The largest absolute Gasteiger partial charge is 0.333 e. The summed E-state index contributed by atoms with van der Waals surface area (Å²) < 4.78 is 2.06. The molecule has 3 rings (SSSR count). The highest BCUT2D eigenvalue weighted by atomic mass is 35.5.